The second-order valence-corrected chi connectivity index (χ2v) is 12.6. The Morgan fingerprint density at radius 1 is 1.02 bits per heavy atom. The molecule has 9 nitrogen and oxygen atoms in total. The summed E-state index contributed by atoms with van der Waals surface area (Å²) in [5.41, 5.74) is 6.82. The molecule has 1 aliphatic heterocycles. The number of hydrogen-bond donors (Lipinski definition) is 5. The molecule has 0 unspecified atom stereocenters. The molecule has 40 heavy (non-hydrogen) atoms. The third-order valence-corrected chi connectivity index (χ3v) is 9.60. The summed E-state index contributed by atoms with van der Waals surface area (Å²) in [5.74, 6) is -0.526. The van der Waals surface area contributed by atoms with Crippen LogP contribution in [-0.2, 0) is 26.0 Å². The van der Waals surface area contributed by atoms with Crippen LogP contribution in [0.5, 0.6) is 0 Å². The van der Waals surface area contributed by atoms with Crippen molar-refractivity contribution in [3.63, 3.8) is 0 Å². The van der Waals surface area contributed by atoms with Gasteiger partial charge >= 0.3 is 0 Å². The molecule has 1 aliphatic rings. The second kappa shape index (κ2) is 15.7. The zero-order valence-corrected chi connectivity index (χ0v) is 25.0. The first-order valence-electron chi connectivity index (χ1n) is 13.6. The highest BCUT2D eigenvalue weighted by molar-refractivity contribution is 7.89. The summed E-state index contributed by atoms with van der Waals surface area (Å²) in [5, 5.41) is 9.41. The molecule has 0 radical (unpaired) electrons. The summed E-state index contributed by atoms with van der Waals surface area (Å²) in [7, 11) is -4.22. The van der Waals surface area contributed by atoms with Gasteiger partial charge in [-0.1, -0.05) is 53.5 Å². The molecule has 0 saturated carbocycles. The Labute approximate surface area is 247 Å². The molecule has 220 valence electrons. The fourth-order valence-electron chi connectivity index (χ4n) is 4.62. The van der Waals surface area contributed by atoms with E-state index in [1.54, 1.807) is 19.1 Å². The first-order chi connectivity index (χ1) is 19.1. The molecule has 1 heterocycles. The largest absolute Gasteiger partial charge is 0.354 e. The van der Waals surface area contributed by atoms with Gasteiger partial charge in [0.1, 0.15) is 17.0 Å². The summed E-state index contributed by atoms with van der Waals surface area (Å²) < 4.78 is 29.3. The molecule has 6 N–H and O–H groups in total. The Kier molecular flexibility index (Phi) is 12.7. The minimum Gasteiger partial charge on any atom is -0.354 e. The number of nitrogens with one attached hydrogen (secondary N) is 4. The minimum atomic E-state index is -4.22. The molecule has 12 heteroatoms. The van der Waals surface area contributed by atoms with E-state index < -0.39 is 28.0 Å². The molecular weight excluding hydrogens is 573 g/mol. The number of unbranched alkanes of at least 4 members (excludes halogenated alkanes) is 1. The fourth-order valence-corrected chi connectivity index (χ4v) is 6.62. The highest BCUT2D eigenvalue weighted by Crippen LogP contribution is 2.30. The molecule has 2 atom stereocenters. The van der Waals surface area contributed by atoms with Gasteiger partial charge in [-0.15, -0.1) is 0 Å². The van der Waals surface area contributed by atoms with E-state index in [0.717, 1.165) is 31.5 Å². The van der Waals surface area contributed by atoms with Crippen molar-refractivity contribution in [1.29, 1.82) is 0 Å². The van der Waals surface area contributed by atoms with E-state index in [1.807, 2.05) is 18.2 Å². The Morgan fingerprint density at radius 2 is 1.73 bits per heavy atom. The summed E-state index contributed by atoms with van der Waals surface area (Å²) in [6, 6.07) is 9.78. The Hall–Kier alpha value is -2.21. The van der Waals surface area contributed by atoms with E-state index >= 15 is 0 Å². The highest BCUT2D eigenvalue weighted by atomic mass is 35.5. The minimum absolute atomic E-state index is 0.0178. The van der Waals surface area contributed by atoms with E-state index in [4.69, 9.17) is 28.9 Å². The molecule has 0 spiro atoms. The van der Waals surface area contributed by atoms with Crippen LogP contribution in [0.2, 0.25) is 10.0 Å². The number of amides is 2. The third-order valence-electron chi connectivity index (χ3n) is 7.07. The van der Waals surface area contributed by atoms with Crippen LogP contribution in [0.1, 0.15) is 43.2 Å². The van der Waals surface area contributed by atoms with Crippen LogP contribution in [0.15, 0.2) is 47.4 Å². The quantitative estimate of drug-likeness (QED) is 0.208. The number of carbonyl (C=O) groups excluding carboxylic acids is 2. The lowest BCUT2D eigenvalue weighted by Crippen LogP contribution is -2.54. The summed E-state index contributed by atoms with van der Waals surface area (Å²) in [6.45, 7) is 4.44. The van der Waals surface area contributed by atoms with E-state index in [2.05, 4.69) is 20.7 Å². The molecule has 0 aliphatic carbocycles. The molecule has 3 rings (SSSR count). The van der Waals surface area contributed by atoms with Crippen molar-refractivity contribution in [1.82, 2.24) is 20.7 Å². The van der Waals surface area contributed by atoms with Crippen LogP contribution in [0.25, 0.3) is 0 Å². The molecule has 2 amide bonds. The van der Waals surface area contributed by atoms with Gasteiger partial charge in [0.2, 0.25) is 21.8 Å². The average Bonchev–Trinajstić information content (AvgIpc) is 2.94. The number of nitrogens with two attached hydrogens (primary N) is 1. The molecular formula is C28H39Cl2N5O4S. The summed E-state index contributed by atoms with van der Waals surface area (Å²) in [6.07, 6.45) is 3.73. The number of hydrogen-bond acceptors (Lipinski definition) is 6. The lowest BCUT2D eigenvalue weighted by atomic mass is 9.98. The monoisotopic (exact) mass is 611 g/mol. The molecule has 0 aromatic heterocycles. The van der Waals surface area contributed by atoms with Crippen molar-refractivity contribution < 1.29 is 18.0 Å². The molecule has 2 aromatic carbocycles. The number of benzene rings is 2. The number of carbonyl (C=O) groups is 2. The SMILES string of the molecule is Cc1c(Cl)ccc(S(=O)(=O)N[C@H](Cc2ccccc2)C(=O)N[C@@H](CCCCN)C(=O)NCC2CCNCC2)c1Cl. The van der Waals surface area contributed by atoms with Crippen molar-refractivity contribution >= 4 is 45.0 Å². The smallest absolute Gasteiger partial charge is 0.242 e. The second-order valence-electron chi connectivity index (χ2n) is 10.1. The fraction of sp³-hybridized carbons (Fsp3) is 0.500. The zero-order valence-electron chi connectivity index (χ0n) is 22.7. The van der Waals surface area contributed by atoms with Gasteiger partial charge in [-0.25, -0.2) is 8.42 Å². The van der Waals surface area contributed by atoms with Crippen LogP contribution in [0.4, 0.5) is 0 Å². The van der Waals surface area contributed by atoms with Crippen LogP contribution < -0.4 is 26.4 Å². The van der Waals surface area contributed by atoms with Gasteiger partial charge in [0.05, 0.1) is 5.02 Å². The van der Waals surface area contributed by atoms with E-state index in [1.165, 1.54) is 12.1 Å². The van der Waals surface area contributed by atoms with Crippen LogP contribution in [0, 0.1) is 12.8 Å². The first-order valence-corrected chi connectivity index (χ1v) is 15.9. The average molecular weight is 613 g/mol. The summed E-state index contributed by atoms with van der Waals surface area (Å²) >= 11 is 12.4. The normalized spacial score (nSPS) is 15.8. The Morgan fingerprint density at radius 3 is 2.40 bits per heavy atom. The van der Waals surface area contributed by atoms with Crippen molar-refractivity contribution in [2.24, 2.45) is 11.7 Å². The topological polar surface area (TPSA) is 142 Å². The lowest BCUT2D eigenvalue weighted by molar-refractivity contribution is -0.130. The molecule has 1 saturated heterocycles. The van der Waals surface area contributed by atoms with Gasteiger partial charge in [0.15, 0.2) is 0 Å². The highest BCUT2D eigenvalue weighted by Gasteiger charge is 2.31. The van der Waals surface area contributed by atoms with Gasteiger partial charge in [0, 0.05) is 11.6 Å². The molecule has 0 bridgehead atoms. The molecule has 2 aromatic rings. The number of sulfonamides is 1. The van der Waals surface area contributed by atoms with Gasteiger partial charge in [-0.2, -0.15) is 4.72 Å². The lowest BCUT2D eigenvalue weighted by Gasteiger charge is -2.26. The van der Waals surface area contributed by atoms with Gasteiger partial charge < -0.3 is 21.7 Å². The van der Waals surface area contributed by atoms with Crippen LogP contribution >= 0.6 is 23.2 Å². The van der Waals surface area contributed by atoms with Crippen molar-refractivity contribution in [2.45, 2.75) is 62.4 Å². The van der Waals surface area contributed by atoms with Gasteiger partial charge in [-0.3, -0.25) is 9.59 Å². The number of piperidine rings is 1. The van der Waals surface area contributed by atoms with Gasteiger partial charge in [-0.05, 0) is 94.3 Å². The third kappa shape index (κ3) is 9.43. The van der Waals surface area contributed by atoms with E-state index in [0.29, 0.717) is 48.9 Å². The standard InChI is InChI=1S/C28H39Cl2N5O4S/c1-19-22(29)10-11-25(26(19)30)40(38,39)35-24(17-20-7-3-2-4-8-20)28(37)34-23(9-5-6-14-31)27(36)33-18-21-12-15-32-16-13-21/h2-4,7-8,10-11,21,23-24,32,35H,5-6,9,12-18,31H2,1H3,(H,33,36)(H,34,37)/t23-,24+/m0/s1. The first kappa shape index (κ1) is 32.3. The summed E-state index contributed by atoms with van der Waals surface area (Å²) in [4.78, 5) is 26.6. The maximum Gasteiger partial charge on any atom is 0.242 e. The Bertz CT molecular complexity index is 1240. The predicted molar refractivity (Wildman–Crippen MR) is 159 cm³/mol. The van der Waals surface area contributed by atoms with Gasteiger partial charge in [0.25, 0.3) is 0 Å². The van der Waals surface area contributed by atoms with Crippen molar-refractivity contribution in [3.8, 4) is 0 Å². The number of halogens is 2. The predicted octanol–water partition coefficient (Wildman–Crippen LogP) is 2.92. The number of rotatable bonds is 14. The zero-order chi connectivity index (χ0) is 29.1. The van der Waals surface area contributed by atoms with E-state index in [9.17, 15) is 18.0 Å². The van der Waals surface area contributed by atoms with Crippen LogP contribution in [-0.4, -0.2) is 58.5 Å². The van der Waals surface area contributed by atoms with E-state index in [-0.39, 0.29) is 22.2 Å². The van der Waals surface area contributed by atoms with Crippen molar-refractivity contribution in [2.75, 3.05) is 26.2 Å². The van der Waals surface area contributed by atoms with Crippen molar-refractivity contribution in [3.05, 3.63) is 63.6 Å². The molecule has 1 fully saturated rings. The maximum absolute atomic E-state index is 13.6. The van der Waals surface area contributed by atoms with Crippen LogP contribution in [0.3, 0.4) is 0 Å². The maximum atomic E-state index is 13.6. The Balaban J connectivity index is 1.81.